The van der Waals surface area contributed by atoms with E-state index in [2.05, 4.69) is 9.97 Å². The van der Waals surface area contributed by atoms with Crippen LogP contribution in [0.5, 0.6) is 6.01 Å². The van der Waals surface area contributed by atoms with Gasteiger partial charge in [0.25, 0.3) is 0 Å². The Hall–Kier alpha value is -0.890. The summed E-state index contributed by atoms with van der Waals surface area (Å²) in [4.78, 5) is 8.34. The molecule has 1 aliphatic rings. The highest BCUT2D eigenvalue weighted by Crippen LogP contribution is 2.28. The third-order valence-corrected chi connectivity index (χ3v) is 7.97. The molecular formula is C29H52N2O4S. The highest BCUT2D eigenvalue weighted by molar-refractivity contribution is 7.99. The van der Waals surface area contributed by atoms with E-state index in [9.17, 15) is 0 Å². The summed E-state index contributed by atoms with van der Waals surface area (Å²) in [5, 5.41) is 8.78. The molecule has 0 aliphatic heterocycles. The van der Waals surface area contributed by atoms with Crippen LogP contribution in [0.4, 0.5) is 0 Å². The first-order valence-corrected chi connectivity index (χ1v) is 15.8. The molecule has 0 aromatic carbocycles. The normalized spacial score (nSPS) is 15.2. The van der Waals surface area contributed by atoms with Crippen molar-refractivity contribution < 1.29 is 19.3 Å². The highest BCUT2D eigenvalue weighted by Gasteiger charge is 2.13. The molecule has 0 spiro atoms. The van der Waals surface area contributed by atoms with Gasteiger partial charge >= 0.3 is 6.01 Å². The molecule has 1 heterocycles. The van der Waals surface area contributed by atoms with Crippen molar-refractivity contribution in [2.24, 2.45) is 5.92 Å². The molecule has 0 saturated heterocycles. The number of nitrogens with zero attached hydrogens (tertiary/aromatic N) is 2. The van der Waals surface area contributed by atoms with E-state index >= 15 is 0 Å². The zero-order valence-corrected chi connectivity index (χ0v) is 23.4. The first-order valence-electron chi connectivity index (χ1n) is 14.7. The van der Waals surface area contributed by atoms with Crippen LogP contribution < -0.4 is 4.74 Å². The zero-order chi connectivity index (χ0) is 25.4. The van der Waals surface area contributed by atoms with Crippen molar-refractivity contribution in [3.8, 4) is 6.01 Å². The maximum Gasteiger partial charge on any atom is 0.316 e. The molecule has 2 rings (SSSR count). The molecule has 0 bridgehead atoms. The SMILES string of the molecule is OCCOCCSCC(COCCCCCCCCCCCCC1CCCCC1)Oc1ncccn1. The fourth-order valence-corrected chi connectivity index (χ4v) is 5.68. The predicted molar refractivity (Wildman–Crippen MR) is 150 cm³/mol. The number of aliphatic hydroxyl groups is 1. The molecule has 0 amide bonds. The van der Waals surface area contributed by atoms with E-state index in [1.165, 1.54) is 96.3 Å². The lowest BCUT2D eigenvalue weighted by atomic mass is 9.85. The van der Waals surface area contributed by atoms with Crippen LogP contribution in [-0.2, 0) is 9.47 Å². The highest BCUT2D eigenvalue weighted by atomic mass is 32.2. The average Bonchev–Trinajstić information content (AvgIpc) is 2.91. The Morgan fingerprint density at radius 3 is 2.17 bits per heavy atom. The van der Waals surface area contributed by atoms with Crippen molar-refractivity contribution >= 4 is 11.8 Å². The Kier molecular flexibility index (Phi) is 20.2. The number of aliphatic hydroxyl groups excluding tert-OH is 1. The van der Waals surface area contributed by atoms with Crippen LogP contribution in [0.3, 0.4) is 0 Å². The van der Waals surface area contributed by atoms with Crippen molar-refractivity contribution in [2.75, 3.05) is 44.5 Å². The summed E-state index contributed by atoms with van der Waals surface area (Å²) >= 11 is 1.76. The van der Waals surface area contributed by atoms with Crippen LogP contribution in [0, 0.1) is 5.92 Å². The summed E-state index contributed by atoms with van der Waals surface area (Å²) in [6.45, 7) is 2.41. The van der Waals surface area contributed by atoms with Crippen LogP contribution >= 0.6 is 11.8 Å². The predicted octanol–water partition coefficient (Wildman–Crippen LogP) is 6.85. The third-order valence-electron chi connectivity index (χ3n) is 6.91. The van der Waals surface area contributed by atoms with E-state index < -0.39 is 0 Å². The Morgan fingerprint density at radius 1 is 0.806 bits per heavy atom. The number of hydrogen-bond acceptors (Lipinski definition) is 7. The van der Waals surface area contributed by atoms with E-state index in [1.54, 1.807) is 30.2 Å². The fourth-order valence-electron chi connectivity index (χ4n) is 4.85. The molecule has 36 heavy (non-hydrogen) atoms. The van der Waals surface area contributed by atoms with Gasteiger partial charge in [0.2, 0.25) is 0 Å². The summed E-state index contributed by atoms with van der Waals surface area (Å²) in [6.07, 6.45) is 25.8. The lowest BCUT2D eigenvalue weighted by Gasteiger charge is -2.21. The topological polar surface area (TPSA) is 73.7 Å². The van der Waals surface area contributed by atoms with E-state index in [1.807, 2.05) is 0 Å². The lowest BCUT2D eigenvalue weighted by Crippen LogP contribution is -2.27. The number of hydrogen-bond donors (Lipinski definition) is 1. The quantitative estimate of drug-likeness (QED) is 0.148. The summed E-state index contributed by atoms with van der Waals surface area (Å²) in [5.74, 6) is 2.71. The molecule has 1 fully saturated rings. The van der Waals surface area contributed by atoms with E-state index in [0.717, 1.165) is 30.5 Å². The molecule has 1 aliphatic carbocycles. The molecule has 1 aromatic heterocycles. The van der Waals surface area contributed by atoms with Gasteiger partial charge < -0.3 is 19.3 Å². The average molecular weight is 525 g/mol. The molecule has 1 unspecified atom stereocenters. The smallest absolute Gasteiger partial charge is 0.316 e. The summed E-state index contributed by atoms with van der Waals surface area (Å²) in [5.41, 5.74) is 0. The molecule has 1 atom stereocenters. The first kappa shape index (κ1) is 31.3. The maximum atomic E-state index is 8.78. The first-order chi connectivity index (χ1) is 17.9. The fraction of sp³-hybridized carbons (Fsp3) is 0.862. The second kappa shape index (κ2) is 23.2. The molecular weight excluding hydrogens is 472 g/mol. The number of thioether (sulfide) groups is 1. The molecule has 1 N–H and O–H groups in total. The largest absolute Gasteiger partial charge is 0.457 e. The van der Waals surface area contributed by atoms with Gasteiger partial charge in [0.05, 0.1) is 26.4 Å². The van der Waals surface area contributed by atoms with Crippen LogP contribution in [0.25, 0.3) is 0 Å². The van der Waals surface area contributed by atoms with Crippen LogP contribution in [-0.4, -0.2) is 65.7 Å². The summed E-state index contributed by atoms with van der Waals surface area (Å²) < 4.78 is 17.2. The Morgan fingerprint density at radius 2 is 1.47 bits per heavy atom. The number of ether oxygens (including phenoxy) is 3. The second-order valence-electron chi connectivity index (χ2n) is 10.1. The summed E-state index contributed by atoms with van der Waals surface area (Å²) in [7, 11) is 0. The molecule has 208 valence electrons. The molecule has 1 aromatic rings. The van der Waals surface area contributed by atoms with E-state index in [4.69, 9.17) is 19.3 Å². The van der Waals surface area contributed by atoms with Crippen molar-refractivity contribution in [1.29, 1.82) is 0 Å². The minimum absolute atomic E-state index is 0.0654. The van der Waals surface area contributed by atoms with Crippen LogP contribution in [0.2, 0.25) is 0 Å². The van der Waals surface area contributed by atoms with E-state index in [-0.39, 0.29) is 12.7 Å². The molecule has 6 nitrogen and oxygen atoms in total. The third kappa shape index (κ3) is 17.5. The number of aromatic nitrogens is 2. The van der Waals surface area contributed by atoms with Gasteiger partial charge in [-0.3, -0.25) is 0 Å². The lowest BCUT2D eigenvalue weighted by molar-refractivity contribution is 0.0541. The molecule has 1 saturated carbocycles. The van der Waals surface area contributed by atoms with Gasteiger partial charge in [-0.05, 0) is 18.4 Å². The molecule has 7 heteroatoms. The van der Waals surface area contributed by atoms with Crippen molar-refractivity contribution in [2.45, 2.75) is 109 Å². The van der Waals surface area contributed by atoms with Crippen LogP contribution in [0.15, 0.2) is 18.5 Å². The van der Waals surface area contributed by atoms with Crippen LogP contribution in [0.1, 0.15) is 103 Å². The van der Waals surface area contributed by atoms with Gasteiger partial charge in [-0.2, -0.15) is 11.8 Å². The Labute approximate surface area is 224 Å². The standard InChI is InChI=1S/C29H52N2O4S/c32-20-22-33-23-24-36-26-28(35-29-30-18-14-19-31-29)25-34-21-13-8-6-4-2-1-3-5-7-10-15-27-16-11-9-12-17-27/h14,18-19,27-28,32H,1-13,15-17,20-26H2. The van der Waals surface area contributed by atoms with Gasteiger partial charge in [-0.25, -0.2) is 9.97 Å². The maximum absolute atomic E-state index is 8.78. The summed E-state index contributed by atoms with van der Waals surface area (Å²) in [6, 6.07) is 2.18. The zero-order valence-electron chi connectivity index (χ0n) is 22.6. The second-order valence-corrected chi connectivity index (χ2v) is 11.2. The van der Waals surface area contributed by atoms with Gasteiger partial charge in [-0.15, -0.1) is 0 Å². The van der Waals surface area contributed by atoms with Gasteiger partial charge in [0.1, 0.15) is 6.10 Å². The monoisotopic (exact) mass is 524 g/mol. The Bertz CT molecular complexity index is 590. The minimum Gasteiger partial charge on any atom is -0.457 e. The molecule has 0 radical (unpaired) electrons. The van der Waals surface area contributed by atoms with Crippen molar-refractivity contribution in [1.82, 2.24) is 9.97 Å². The minimum atomic E-state index is -0.0853. The van der Waals surface area contributed by atoms with Crippen molar-refractivity contribution in [3.63, 3.8) is 0 Å². The van der Waals surface area contributed by atoms with Crippen molar-refractivity contribution in [3.05, 3.63) is 18.5 Å². The number of rotatable bonds is 24. The van der Waals surface area contributed by atoms with E-state index in [0.29, 0.717) is 25.8 Å². The van der Waals surface area contributed by atoms with Gasteiger partial charge in [0.15, 0.2) is 0 Å². The number of unbranched alkanes of at least 4 members (excludes halogenated alkanes) is 9. The van der Waals surface area contributed by atoms with Gasteiger partial charge in [0, 0.05) is 30.5 Å². The van der Waals surface area contributed by atoms with Gasteiger partial charge in [-0.1, -0.05) is 96.3 Å². The Balaban J connectivity index is 1.40.